The maximum Gasteiger partial charge on any atom is 0.341 e. The summed E-state index contributed by atoms with van der Waals surface area (Å²) in [6.45, 7) is 0.922. The Bertz CT molecular complexity index is 1310. The normalized spacial score (nSPS) is 16.4. The Morgan fingerprint density at radius 1 is 1.21 bits per heavy atom. The number of pyridine rings is 1. The molecule has 4 rings (SSSR count). The number of nitrogens with zero attached hydrogens (tertiary/aromatic N) is 2. The standard InChI is InChI=1S/C22H19F4N3O4/c1-27-8-12-9-28(4-5-33-12)20-16(25)7-13-19(18(20)26)29(10-14(21(13)30)22(31)32)17-3-2-11(23)6-15(17)24/h2-3,6-7,10,12,27H,4-5,8-9H2,1H3,(H,31,32). The van der Waals surface area contributed by atoms with Crippen molar-refractivity contribution in [3.05, 3.63) is 69.5 Å². The molecule has 2 N–H and O–H groups in total. The summed E-state index contributed by atoms with van der Waals surface area (Å²) in [4.78, 5) is 25.7. The SMILES string of the molecule is CNCC1CN(c2c(F)cc3c(=O)c(C(=O)O)cn(-c4ccc(F)cc4F)c3c2F)CCO1. The van der Waals surface area contributed by atoms with Crippen molar-refractivity contribution in [3.8, 4) is 5.69 Å². The van der Waals surface area contributed by atoms with Gasteiger partial charge >= 0.3 is 5.97 Å². The predicted octanol–water partition coefficient (Wildman–Crippen LogP) is 2.67. The molecule has 0 amide bonds. The Morgan fingerprint density at radius 2 is 1.97 bits per heavy atom. The van der Waals surface area contributed by atoms with Gasteiger partial charge in [-0.25, -0.2) is 22.4 Å². The lowest BCUT2D eigenvalue weighted by molar-refractivity contribution is 0.0417. The number of aromatic nitrogens is 1. The Kier molecular flexibility index (Phi) is 6.09. The van der Waals surface area contributed by atoms with E-state index >= 15 is 8.78 Å². The molecule has 0 spiro atoms. The number of hydrogen-bond donors (Lipinski definition) is 2. The van der Waals surface area contributed by atoms with E-state index in [-0.39, 0.29) is 25.8 Å². The number of fused-ring (bicyclic) bond motifs is 1. The maximum atomic E-state index is 15.9. The maximum absolute atomic E-state index is 15.9. The summed E-state index contributed by atoms with van der Waals surface area (Å²) in [5.41, 5.74) is -3.33. The molecule has 0 saturated carbocycles. The lowest BCUT2D eigenvalue weighted by Crippen LogP contribution is -2.47. The van der Waals surface area contributed by atoms with Crippen molar-refractivity contribution < 1.29 is 32.2 Å². The Hall–Kier alpha value is -3.44. The van der Waals surface area contributed by atoms with Crippen LogP contribution in [0.2, 0.25) is 0 Å². The first-order valence-corrected chi connectivity index (χ1v) is 10.00. The van der Waals surface area contributed by atoms with Crippen LogP contribution in [-0.2, 0) is 4.74 Å². The predicted molar refractivity (Wildman–Crippen MR) is 112 cm³/mol. The van der Waals surface area contributed by atoms with E-state index in [0.717, 1.165) is 29.0 Å². The molecule has 0 radical (unpaired) electrons. The van der Waals surface area contributed by atoms with Crippen LogP contribution in [0.15, 0.2) is 35.3 Å². The van der Waals surface area contributed by atoms with Gasteiger partial charge in [0.05, 0.1) is 29.3 Å². The fourth-order valence-electron chi connectivity index (χ4n) is 3.99. The van der Waals surface area contributed by atoms with Crippen LogP contribution in [0.1, 0.15) is 10.4 Å². The fraction of sp³-hybridized carbons (Fsp3) is 0.273. The van der Waals surface area contributed by atoms with Crippen LogP contribution in [0, 0.1) is 23.3 Å². The second-order valence-corrected chi connectivity index (χ2v) is 7.56. The van der Waals surface area contributed by atoms with Gasteiger partial charge in [0.2, 0.25) is 5.43 Å². The molecule has 174 valence electrons. The van der Waals surface area contributed by atoms with Crippen LogP contribution in [0.4, 0.5) is 23.2 Å². The highest BCUT2D eigenvalue weighted by atomic mass is 19.1. The molecular formula is C22H19F4N3O4. The minimum atomic E-state index is -1.66. The van der Waals surface area contributed by atoms with E-state index in [4.69, 9.17) is 4.74 Å². The van der Waals surface area contributed by atoms with Crippen LogP contribution in [0.5, 0.6) is 0 Å². The third-order valence-corrected chi connectivity index (χ3v) is 5.44. The molecule has 11 heteroatoms. The smallest absolute Gasteiger partial charge is 0.341 e. The van der Waals surface area contributed by atoms with Crippen molar-refractivity contribution in [1.82, 2.24) is 9.88 Å². The first-order valence-electron chi connectivity index (χ1n) is 10.00. The highest BCUT2D eigenvalue weighted by Gasteiger charge is 2.29. The molecule has 3 aromatic rings. The van der Waals surface area contributed by atoms with Crippen molar-refractivity contribution in [1.29, 1.82) is 0 Å². The number of halogens is 4. The van der Waals surface area contributed by atoms with E-state index in [1.165, 1.54) is 4.90 Å². The molecule has 0 aliphatic carbocycles. The lowest BCUT2D eigenvalue weighted by atomic mass is 10.1. The largest absolute Gasteiger partial charge is 0.477 e. The van der Waals surface area contributed by atoms with E-state index in [1.54, 1.807) is 7.05 Å². The molecule has 0 bridgehead atoms. The highest BCUT2D eigenvalue weighted by Crippen LogP contribution is 2.33. The van der Waals surface area contributed by atoms with Crippen molar-refractivity contribution >= 4 is 22.6 Å². The number of carbonyl (C=O) groups is 1. The Morgan fingerprint density at radius 3 is 2.64 bits per heavy atom. The second-order valence-electron chi connectivity index (χ2n) is 7.56. The molecule has 1 fully saturated rings. The Balaban J connectivity index is 2.02. The zero-order valence-corrected chi connectivity index (χ0v) is 17.4. The van der Waals surface area contributed by atoms with E-state index < -0.39 is 62.5 Å². The molecule has 7 nitrogen and oxygen atoms in total. The molecule has 1 atom stereocenters. The number of hydrogen-bond acceptors (Lipinski definition) is 5. The van der Waals surface area contributed by atoms with E-state index in [9.17, 15) is 23.5 Å². The number of rotatable bonds is 5. The fourth-order valence-corrected chi connectivity index (χ4v) is 3.99. The van der Waals surface area contributed by atoms with Gasteiger partial charge in [-0.05, 0) is 25.2 Å². The lowest BCUT2D eigenvalue weighted by Gasteiger charge is -2.35. The summed E-state index contributed by atoms with van der Waals surface area (Å²) < 4.78 is 65.3. The van der Waals surface area contributed by atoms with E-state index in [2.05, 4.69) is 5.32 Å². The summed E-state index contributed by atoms with van der Waals surface area (Å²) in [7, 11) is 1.70. The average molecular weight is 465 g/mol. The summed E-state index contributed by atoms with van der Waals surface area (Å²) in [5.74, 6) is -5.94. The van der Waals surface area contributed by atoms with Gasteiger partial charge in [0.25, 0.3) is 0 Å². The number of aromatic carboxylic acids is 1. The van der Waals surface area contributed by atoms with Crippen molar-refractivity contribution in [2.75, 3.05) is 38.2 Å². The number of nitrogens with one attached hydrogen (secondary N) is 1. The van der Waals surface area contributed by atoms with E-state index in [1.807, 2.05) is 0 Å². The van der Waals surface area contributed by atoms with Crippen LogP contribution >= 0.6 is 0 Å². The minimum absolute atomic E-state index is 0.141. The molecule has 2 heterocycles. The van der Waals surface area contributed by atoms with Gasteiger partial charge in [0.15, 0.2) is 5.82 Å². The van der Waals surface area contributed by atoms with Crippen LogP contribution in [0.3, 0.4) is 0 Å². The number of carboxylic acid groups (broad SMARTS) is 1. The monoisotopic (exact) mass is 465 g/mol. The van der Waals surface area contributed by atoms with Gasteiger partial charge in [-0.3, -0.25) is 4.79 Å². The van der Waals surface area contributed by atoms with Crippen LogP contribution in [0.25, 0.3) is 16.6 Å². The topological polar surface area (TPSA) is 83.8 Å². The van der Waals surface area contributed by atoms with Gasteiger partial charge < -0.3 is 24.6 Å². The van der Waals surface area contributed by atoms with Crippen molar-refractivity contribution in [2.24, 2.45) is 0 Å². The first-order chi connectivity index (χ1) is 15.7. The van der Waals surface area contributed by atoms with Gasteiger partial charge in [-0.1, -0.05) is 0 Å². The number of morpholine rings is 1. The number of likely N-dealkylation sites (N-methyl/N-ethyl adjacent to an activating group) is 1. The second kappa shape index (κ2) is 8.83. The zero-order valence-electron chi connectivity index (χ0n) is 17.4. The van der Waals surface area contributed by atoms with Crippen LogP contribution in [-0.4, -0.2) is 55.0 Å². The zero-order chi connectivity index (χ0) is 23.9. The first kappa shape index (κ1) is 22.7. The Labute approximate surface area is 184 Å². The minimum Gasteiger partial charge on any atom is -0.477 e. The summed E-state index contributed by atoms with van der Waals surface area (Å²) in [5, 5.41) is 11.7. The number of benzene rings is 2. The molecule has 1 unspecified atom stereocenters. The van der Waals surface area contributed by atoms with Gasteiger partial charge in [0.1, 0.15) is 28.7 Å². The summed E-state index contributed by atoms with van der Waals surface area (Å²) in [6.07, 6.45) is 0.390. The third kappa shape index (κ3) is 4.05. The quantitative estimate of drug-likeness (QED) is 0.564. The van der Waals surface area contributed by atoms with E-state index in [0.29, 0.717) is 12.6 Å². The molecule has 33 heavy (non-hydrogen) atoms. The molecule has 1 aliphatic rings. The van der Waals surface area contributed by atoms with Crippen LogP contribution < -0.4 is 15.6 Å². The third-order valence-electron chi connectivity index (χ3n) is 5.44. The van der Waals surface area contributed by atoms with Gasteiger partial charge in [0, 0.05) is 31.9 Å². The molecule has 2 aromatic carbocycles. The van der Waals surface area contributed by atoms with Gasteiger partial charge in [-0.2, -0.15) is 0 Å². The number of ether oxygens (including phenoxy) is 1. The summed E-state index contributed by atoms with van der Waals surface area (Å²) in [6, 6.07) is 3.14. The van der Waals surface area contributed by atoms with Crippen molar-refractivity contribution in [2.45, 2.75) is 6.10 Å². The van der Waals surface area contributed by atoms with Crippen molar-refractivity contribution in [3.63, 3.8) is 0 Å². The number of anilines is 1. The average Bonchev–Trinajstić information content (AvgIpc) is 2.75. The number of carboxylic acids is 1. The molecule has 1 aromatic heterocycles. The molecular weight excluding hydrogens is 446 g/mol. The molecule has 1 saturated heterocycles. The summed E-state index contributed by atoms with van der Waals surface area (Å²) >= 11 is 0. The van der Waals surface area contributed by atoms with Gasteiger partial charge in [-0.15, -0.1) is 0 Å². The molecule has 1 aliphatic heterocycles. The highest BCUT2D eigenvalue weighted by molar-refractivity contribution is 5.94.